The minimum absolute atomic E-state index is 0.783. The van der Waals surface area contributed by atoms with Gasteiger partial charge in [0.25, 0.3) is 0 Å². The van der Waals surface area contributed by atoms with Crippen LogP contribution in [0.3, 0.4) is 0 Å². The molecule has 0 saturated carbocycles. The highest BCUT2D eigenvalue weighted by molar-refractivity contribution is 7.14. The molecule has 0 unspecified atom stereocenters. The molecule has 1 N–H and O–H groups in total. The topological polar surface area (TPSA) is 28.2 Å². The molecule has 0 fully saturated rings. The van der Waals surface area contributed by atoms with E-state index in [9.17, 15) is 0 Å². The lowest BCUT2D eigenvalue weighted by Gasteiger charge is -2.21. The molecule has 0 radical (unpaired) electrons. The first-order chi connectivity index (χ1) is 12.1. The summed E-state index contributed by atoms with van der Waals surface area (Å²) in [7, 11) is 0. The van der Waals surface area contributed by atoms with E-state index in [-0.39, 0.29) is 0 Å². The fourth-order valence-corrected chi connectivity index (χ4v) is 3.59. The molecule has 5 heteroatoms. The number of benzene rings is 2. The smallest absolute Gasteiger partial charge is 0.187 e. The summed E-state index contributed by atoms with van der Waals surface area (Å²) in [6, 6.07) is 14.5. The zero-order chi connectivity index (χ0) is 17.8. The van der Waals surface area contributed by atoms with Crippen molar-refractivity contribution in [1.29, 1.82) is 0 Å². The van der Waals surface area contributed by atoms with Crippen molar-refractivity contribution in [1.82, 2.24) is 4.98 Å². The molecule has 0 aliphatic rings. The van der Waals surface area contributed by atoms with Crippen LogP contribution in [0.15, 0.2) is 47.8 Å². The van der Waals surface area contributed by atoms with Crippen molar-refractivity contribution in [2.75, 3.05) is 23.3 Å². The Morgan fingerprint density at radius 2 is 1.80 bits per heavy atom. The maximum atomic E-state index is 6.10. The molecule has 0 amide bonds. The molecule has 25 heavy (non-hydrogen) atoms. The van der Waals surface area contributed by atoms with Crippen LogP contribution in [0.5, 0.6) is 0 Å². The number of aromatic nitrogens is 1. The van der Waals surface area contributed by atoms with Crippen LogP contribution in [0, 0.1) is 6.92 Å². The Balaban J connectivity index is 1.74. The van der Waals surface area contributed by atoms with Crippen LogP contribution in [0.2, 0.25) is 5.02 Å². The number of aryl methyl sites for hydroxylation is 1. The third kappa shape index (κ3) is 4.14. The van der Waals surface area contributed by atoms with Gasteiger partial charge in [-0.05, 0) is 62.7 Å². The molecular formula is C20H22ClN3S. The highest BCUT2D eigenvalue weighted by atomic mass is 35.5. The van der Waals surface area contributed by atoms with Crippen LogP contribution in [-0.4, -0.2) is 18.1 Å². The summed E-state index contributed by atoms with van der Waals surface area (Å²) < 4.78 is 0. The fraction of sp³-hybridized carbons (Fsp3) is 0.250. The van der Waals surface area contributed by atoms with Crippen LogP contribution in [0.4, 0.5) is 16.5 Å². The molecule has 3 rings (SSSR count). The van der Waals surface area contributed by atoms with E-state index in [1.807, 2.05) is 19.1 Å². The number of nitrogens with zero attached hydrogens (tertiary/aromatic N) is 2. The van der Waals surface area contributed by atoms with Crippen molar-refractivity contribution in [2.45, 2.75) is 20.8 Å². The fourth-order valence-electron chi connectivity index (χ4n) is 2.74. The number of halogens is 1. The van der Waals surface area contributed by atoms with E-state index >= 15 is 0 Å². The van der Waals surface area contributed by atoms with Gasteiger partial charge in [0.05, 0.1) is 5.69 Å². The van der Waals surface area contributed by atoms with Crippen LogP contribution in [0.1, 0.15) is 19.4 Å². The quantitative estimate of drug-likeness (QED) is 0.546. The molecule has 0 atom stereocenters. The highest BCUT2D eigenvalue weighted by Crippen LogP contribution is 2.29. The van der Waals surface area contributed by atoms with E-state index in [2.05, 4.69) is 59.8 Å². The van der Waals surface area contributed by atoms with Gasteiger partial charge in [-0.1, -0.05) is 17.7 Å². The molecule has 0 spiro atoms. The summed E-state index contributed by atoms with van der Waals surface area (Å²) in [4.78, 5) is 7.02. The van der Waals surface area contributed by atoms with Gasteiger partial charge in [0.15, 0.2) is 5.13 Å². The first-order valence-electron chi connectivity index (χ1n) is 8.44. The highest BCUT2D eigenvalue weighted by Gasteiger charge is 2.07. The van der Waals surface area contributed by atoms with E-state index < -0.39 is 0 Å². The second kappa shape index (κ2) is 7.89. The van der Waals surface area contributed by atoms with Crippen molar-refractivity contribution < 1.29 is 0 Å². The molecule has 1 aromatic heterocycles. The van der Waals surface area contributed by atoms with Crippen molar-refractivity contribution in [3.05, 3.63) is 58.4 Å². The maximum Gasteiger partial charge on any atom is 0.187 e. The standard InChI is InChI=1S/C20H22ClN3S/c1-4-24(5-2)17-9-7-16(8-10-17)22-20-23-19(13-25-20)15-6-11-18(21)14(3)12-15/h6-13H,4-5H2,1-3H3,(H,22,23). The second-order valence-corrected chi connectivity index (χ2v) is 7.11. The number of rotatable bonds is 6. The molecule has 2 aromatic carbocycles. The molecule has 0 aliphatic heterocycles. The summed E-state index contributed by atoms with van der Waals surface area (Å²) in [5, 5.41) is 7.12. The van der Waals surface area contributed by atoms with Crippen LogP contribution in [0.25, 0.3) is 11.3 Å². The minimum Gasteiger partial charge on any atom is -0.372 e. The first-order valence-corrected chi connectivity index (χ1v) is 9.70. The van der Waals surface area contributed by atoms with Crippen molar-refractivity contribution in [2.24, 2.45) is 0 Å². The Bertz CT molecular complexity index is 838. The van der Waals surface area contributed by atoms with Crippen LogP contribution >= 0.6 is 22.9 Å². The first kappa shape index (κ1) is 17.8. The van der Waals surface area contributed by atoms with Gasteiger partial charge < -0.3 is 10.2 Å². The van der Waals surface area contributed by atoms with E-state index in [4.69, 9.17) is 16.6 Å². The predicted molar refractivity (Wildman–Crippen MR) is 111 cm³/mol. The summed E-state index contributed by atoms with van der Waals surface area (Å²) >= 11 is 7.71. The Hall–Kier alpha value is -2.04. The van der Waals surface area contributed by atoms with Crippen molar-refractivity contribution in [3.8, 4) is 11.3 Å². The number of hydrogen-bond donors (Lipinski definition) is 1. The van der Waals surface area contributed by atoms with E-state index in [1.165, 1.54) is 5.69 Å². The molecule has 0 bridgehead atoms. The lowest BCUT2D eigenvalue weighted by atomic mass is 10.1. The molecule has 3 aromatic rings. The van der Waals surface area contributed by atoms with Gasteiger partial charge in [0, 0.05) is 40.4 Å². The van der Waals surface area contributed by atoms with E-state index in [0.29, 0.717) is 0 Å². The summed E-state index contributed by atoms with van der Waals surface area (Å²) in [5.41, 5.74) is 5.40. The lowest BCUT2D eigenvalue weighted by Crippen LogP contribution is -2.21. The van der Waals surface area contributed by atoms with Gasteiger partial charge in [-0.25, -0.2) is 4.98 Å². The third-order valence-electron chi connectivity index (χ3n) is 4.21. The third-order valence-corrected chi connectivity index (χ3v) is 5.39. The molecule has 0 aliphatic carbocycles. The zero-order valence-corrected chi connectivity index (χ0v) is 16.3. The summed E-state index contributed by atoms with van der Waals surface area (Å²) in [5.74, 6) is 0. The average molecular weight is 372 g/mol. The number of nitrogens with one attached hydrogen (secondary N) is 1. The van der Waals surface area contributed by atoms with E-state index in [0.717, 1.165) is 45.8 Å². The Morgan fingerprint density at radius 3 is 2.44 bits per heavy atom. The largest absolute Gasteiger partial charge is 0.372 e. The normalized spacial score (nSPS) is 10.7. The molecule has 3 nitrogen and oxygen atoms in total. The monoisotopic (exact) mass is 371 g/mol. The minimum atomic E-state index is 0.783. The van der Waals surface area contributed by atoms with Gasteiger partial charge in [0.1, 0.15) is 0 Å². The van der Waals surface area contributed by atoms with Crippen molar-refractivity contribution in [3.63, 3.8) is 0 Å². The van der Waals surface area contributed by atoms with E-state index in [1.54, 1.807) is 11.3 Å². The molecular weight excluding hydrogens is 350 g/mol. The van der Waals surface area contributed by atoms with Gasteiger partial charge in [-0.15, -0.1) is 11.3 Å². The van der Waals surface area contributed by atoms with Crippen molar-refractivity contribution >= 4 is 39.4 Å². The second-order valence-electron chi connectivity index (χ2n) is 5.85. The lowest BCUT2D eigenvalue weighted by molar-refractivity contribution is 0.866. The Labute approximate surface area is 158 Å². The van der Waals surface area contributed by atoms with Crippen LogP contribution < -0.4 is 10.2 Å². The number of hydrogen-bond acceptors (Lipinski definition) is 4. The zero-order valence-electron chi connectivity index (χ0n) is 14.7. The van der Waals surface area contributed by atoms with Crippen LogP contribution in [-0.2, 0) is 0 Å². The van der Waals surface area contributed by atoms with Gasteiger partial charge in [-0.2, -0.15) is 0 Å². The van der Waals surface area contributed by atoms with Gasteiger partial charge in [0.2, 0.25) is 0 Å². The predicted octanol–water partition coefficient (Wildman–Crippen LogP) is 6.36. The SMILES string of the molecule is CCN(CC)c1ccc(Nc2nc(-c3ccc(Cl)c(C)c3)cs2)cc1. The van der Waals surface area contributed by atoms with Gasteiger partial charge in [-0.3, -0.25) is 0 Å². The molecule has 0 saturated heterocycles. The summed E-state index contributed by atoms with van der Waals surface area (Å²) in [6.07, 6.45) is 0. The maximum absolute atomic E-state index is 6.10. The Kier molecular flexibility index (Phi) is 5.61. The average Bonchev–Trinajstić information content (AvgIpc) is 3.08. The van der Waals surface area contributed by atoms with Gasteiger partial charge >= 0.3 is 0 Å². The number of thiazole rings is 1. The number of anilines is 3. The molecule has 130 valence electrons. The molecule has 1 heterocycles. The Morgan fingerprint density at radius 1 is 1.08 bits per heavy atom. The summed E-state index contributed by atoms with van der Waals surface area (Å²) in [6.45, 7) is 8.38.